The zero-order valence-electron chi connectivity index (χ0n) is 38.0. The van der Waals surface area contributed by atoms with E-state index in [2.05, 4.69) is 35.1 Å². The highest BCUT2D eigenvalue weighted by molar-refractivity contribution is 7.19. The minimum atomic E-state index is -0.811. The first kappa shape index (κ1) is 49.0. The number of ether oxygens (including phenoxy) is 6. The molecule has 0 saturated carbocycles. The first-order valence-corrected chi connectivity index (χ1v) is 21.7. The van der Waals surface area contributed by atoms with Gasteiger partial charge in [0.05, 0.1) is 28.0 Å². The Morgan fingerprint density at radius 1 is 0.692 bits per heavy atom. The van der Waals surface area contributed by atoms with Crippen molar-refractivity contribution in [1.82, 2.24) is 4.98 Å². The molecule has 0 unspecified atom stereocenters. The number of nitrogens with zero attached hydrogens (tertiary/aromatic N) is 2. The highest BCUT2D eigenvalue weighted by Gasteiger charge is 2.34. The summed E-state index contributed by atoms with van der Waals surface area (Å²) >= 11 is 1.46. The number of hydrogen-bond donors (Lipinski definition) is 0. The Kier molecular flexibility index (Phi) is 15.9. The van der Waals surface area contributed by atoms with Crippen molar-refractivity contribution in [2.75, 3.05) is 6.61 Å². The third kappa shape index (κ3) is 15.3. The quantitative estimate of drug-likeness (QED) is 0.0195. The average Bonchev–Trinajstić information content (AvgIpc) is 3.65. The van der Waals surface area contributed by atoms with Crippen LogP contribution in [0.4, 0.5) is 0 Å². The van der Waals surface area contributed by atoms with E-state index in [0.29, 0.717) is 46.9 Å². The fourth-order valence-electron chi connectivity index (χ4n) is 7.34. The number of carbonyl (C=O) groups is 4. The van der Waals surface area contributed by atoms with Gasteiger partial charge in [0.2, 0.25) is 0 Å². The first-order valence-electron chi connectivity index (χ1n) is 20.8. The molecule has 5 rings (SSSR count). The zero-order valence-corrected chi connectivity index (χ0v) is 38.8. The van der Waals surface area contributed by atoms with Gasteiger partial charge in [-0.3, -0.25) is 0 Å². The van der Waals surface area contributed by atoms with E-state index in [9.17, 15) is 19.2 Å². The van der Waals surface area contributed by atoms with Crippen LogP contribution in [0.15, 0.2) is 121 Å². The molecule has 0 saturated heterocycles. The molecule has 1 aromatic heterocycles. The van der Waals surface area contributed by atoms with E-state index >= 15 is 0 Å². The van der Waals surface area contributed by atoms with Gasteiger partial charge in [-0.2, -0.15) is 0 Å². The standard InChI is InChI=1S/C52H54N2O10S/c1-11-45(55)63-51(7,8)33-49(3,4)61-39-22-18-36(19-23-39)47(57)59-30-28-35-17-26-42(38(31-35)32-53-29-27-44-54-41-15-13-14-16-43(41)65-44)60-48(58)37-20-24-40(25-21-37)62-50(5,6)34-52(9,10)64-46(56)12-2/h11-26,31-32H,1-2,28,30,33-34H2,3-10H3/b53-32+. The van der Waals surface area contributed by atoms with E-state index in [1.807, 2.05) is 52.0 Å². The van der Waals surface area contributed by atoms with Crippen LogP contribution in [0.5, 0.6) is 17.2 Å². The number of carbonyl (C=O) groups excluding carboxylic acids is 4. The van der Waals surface area contributed by atoms with Crippen molar-refractivity contribution in [3.05, 3.63) is 144 Å². The van der Waals surface area contributed by atoms with Crippen LogP contribution in [-0.4, -0.2) is 64.1 Å². The fourth-order valence-corrected chi connectivity index (χ4v) is 8.15. The van der Waals surface area contributed by atoms with E-state index in [0.717, 1.165) is 27.9 Å². The van der Waals surface area contributed by atoms with Crippen molar-refractivity contribution in [3.8, 4) is 29.2 Å². The highest BCUT2D eigenvalue weighted by atomic mass is 32.1. The van der Waals surface area contributed by atoms with Crippen molar-refractivity contribution in [2.45, 2.75) is 97.1 Å². The molecule has 12 nitrogen and oxygen atoms in total. The highest BCUT2D eigenvalue weighted by Crippen LogP contribution is 2.31. The number of aromatic nitrogens is 1. The lowest BCUT2D eigenvalue weighted by atomic mass is 9.92. The van der Waals surface area contributed by atoms with Crippen LogP contribution >= 0.6 is 11.3 Å². The molecule has 13 heteroatoms. The van der Waals surface area contributed by atoms with Crippen LogP contribution in [0.25, 0.3) is 10.2 Å². The number of para-hydroxylation sites is 1. The summed E-state index contributed by atoms with van der Waals surface area (Å²) in [6.45, 7) is 21.7. The summed E-state index contributed by atoms with van der Waals surface area (Å²) in [5.41, 5.74) is -0.284. The lowest BCUT2D eigenvalue weighted by Crippen LogP contribution is -2.40. The van der Waals surface area contributed by atoms with E-state index < -0.39 is 46.3 Å². The van der Waals surface area contributed by atoms with Gasteiger partial charge >= 0.3 is 23.9 Å². The zero-order chi connectivity index (χ0) is 47.4. The minimum Gasteiger partial charge on any atom is -0.488 e. The summed E-state index contributed by atoms with van der Waals surface area (Å²) in [6.07, 6.45) is 4.90. The van der Waals surface area contributed by atoms with Crippen molar-refractivity contribution < 1.29 is 47.6 Å². The number of benzene rings is 4. The molecule has 4 aromatic carbocycles. The molecule has 0 fully saturated rings. The Hall–Kier alpha value is -7.04. The average molecular weight is 899 g/mol. The number of thiazole rings is 1. The van der Waals surface area contributed by atoms with E-state index in [-0.39, 0.29) is 17.9 Å². The van der Waals surface area contributed by atoms with Crippen LogP contribution in [0.2, 0.25) is 0 Å². The maximum atomic E-state index is 13.5. The third-order valence-corrected chi connectivity index (χ3v) is 10.3. The van der Waals surface area contributed by atoms with Crippen molar-refractivity contribution in [2.24, 2.45) is 4.99 Å². The number of aliphatic imine (C=N–C) groups is 1. The molecule has 0 spiro atoms. The van der Waals surface area contributed by atoms with Gasteiger partial charge in [-0.25, -0.2) is 29.2 Å². The molecule has 0 bridgehead atoms. The number of rotatable bonds is 19. The second kappa shape index (κ2) is 21.1. The second-order valence-corrected chi connectivity index (χ2v) is 18.6. The van der Waals surface area contributed by atoms with Crippen molar-refractivity contribution in [3.63, 3.8) is 0 Å². The van der Waals surface area contributed by atoms with Gasteiger partial charge in [-0.05, 0) is 140 Å². The molecule has 0 amide bonds. The third-order valence-electron chi connectivity index (χ3n) is 9.38. The van der Waals surface area contributed by atoms with Gasteiger partial charge in [-0.15, -0.1) is 11.3 Å². The lowest BCUT2D eigenvalue weighted by Gasteiger charge is -2.34. The maximum Gasteiger partial charge on any atom is 0.343 e. The summed E-state index contributed by atoms with van der Waals surface area (Å²) in [6, 6.07) is 28.9. The van der Waals surface area contributed by atoms with Gasteiger partial charge < -0.3 is 28.4 Å². The van der Waals surface area contributed by atoms with Crippen molar-refractivity contribution in [1.29, 1.82) is 0 Å². The molecule has 1 heterocycles. The molecule has 338 valence electrons. The first-order chi connectivity index (χ1) is 30.6. The number of hydrogen-bond acceptors (Lipinski definition) is 13. The van der Waals surface area contributed by atoms with Gasteiger partial charge in [0, 0.05) is 49.2 Å². The summed E-state index contributed by atoms with van der Waals surface area (Å²) in [5.74, 6) is 2.12. The Labute approximate surface area is 384 Å². The fraction of sp³-hybridized carbons (Fsp3) is 0.308. The normalized spacial score (nSPS) is 11.8. The minimum absolute atomic E-state index is 0.0679. The van der Waals surface area contributed by atoms with Crippen LogP contribution in [0.1, 0.15) is 105 Å². The van der Waals surface area contributed by atoms with Gasteiger partial charge in [0.15, 0.2) is 5.01 Å². The molecule has 0 aliphatic rings. The smallest absolute Gasteiger partial charge is 0.343 e. The molecule has 0 N–H and O–H groups in total. The molecular formula is C52H54N2O10S. The molecule has 5 aromatic rings. The largest absolute Gasteiger partial charge is 0.488 e. The predicted octanol–water partition coefficient (Wildman–Crippen LogP) is 10.5. The maximum absolute atomic E-state index is 13.5. The molecule has 65 heavy (non-hydrogen) atoms. The Bertz CT molecular complexity index is 2590. The second-order valence-electron chi connectivity index (χ2n) is 17.5. The van der Waals surface area contributed by atoms with E-state index in [1.165, 1.54) is 17.6 Å². The summed E-state index contributed by atoms with van der Waals surface area (Å²) in [4.78, 5) is 58.9. The monoisotopic (exact) mass is 898 g/mol. The van der Waals surface area contributed by atoms with E-state index in [4.69, 9.17) is 28.4 Å². The van der Waals surface area contributed by atoms with Crippen LogP contribution < -0.4 is 14.2 Å². The molecule has 0 aliphatic heterocycles. The molecule has 0 radical (unpaired) electrons. The van der Waals surface area contributed by atoms with Crippen molar-refractivity contribution >= 4 is 51.6 Å². The van der Waals surface area contributed by atoms with Crippen LogP contribution in [0.3, 0.4) is 0 Å². The van der Waals surface area contributed by atoms with Crippen LogP contribution in [0, 0.1) is 12.0 Å². The SMILES string of the molecule is C=CC(=O)OC(C)(C)CC(C)(C)Oc1ccc(C(=O)OCCc2ccc(OC(=O)c3ccc(OC(C)(C)CC(C)(C)OC(=O)C=C)cc3)c(/C=N/C#Cc3nc4ccccc4s3)c2)cc1. The summed E-state index contributed by atoms with van der Waals surface area (Å²) in [5, 5.41) is 0.611. The van der Waals surface area contributed by atoms with Gasteiger partial charge in [0.1, 0.15) is 39.7 Å². The summed E-state index contributed by atoms with van der Waals surface area (Å²) < 4.78 is 35.8. The molecular weight excluding hydrogens is 845 g/mol. The Balaban J connectivity index is 1.24. The van der Waals surface area contributed by atoms with E-state index in [1.54, 1.807) is 94.4 Å². The Morgan fingerprint density at radius 2 is 1.23 bits per heavy atom. The number of esters is 4. The topological polar surface area (TPSA) is 149 Å². The van der Waals surface area contributed by atoms with Gasteiger partial charge in [-0.1, -0.05) is 31.4 Å². The Morgan fingerprint density at radius 3 is 1.77 bits per heavy atom. The lowest BCUT2D eigenvalue weighted by molar-refractivity contribution is -0.155. The predicted molar refractivity (Wildman–Crippen MR) is 252 cm³/mol. The number of fused-ring (bicyclic) bond motifs is 1. The molecule has 0 aliphatic carbocycles. The van der Waals surface area contributed by atoms with Gasteiger partial charge in [0.25, 0.3) is 0 Å². The summed E-state index contributed by atoms with van der Waals surface area (Å²) in [7, 11) is 0. The van der Waals surface area contributed by atoms with Crippen LogP contribution in [-0.2, 0) is 30.2 Å². The molecule has 0 atom stereocenters.